The molecule has 0 aromatic carbocycles. The van der Waals surface area contributed by atoms with E-state index in [-0.39, 0.29) is 0 Å². The summed E-state index contributed by atoms with van der Waals surface area (Å²) in [6.45, 7) is 1.31. The van der Waals surface area contributed by atoms with Gasteiger partial charge in [-0.1, -0.05) is 12.2 Å². The van der Waals surface area contributed by atoms with Crippen molar-refractivity contribution < 1.29 is 0 Å². The lowest BCUT2D eigenvalue weighted by Crippen LogP contribution is -1.85. The lowest BCUT2D eigenvalue weighted by atomic mass is 10.8. The molecule has 0 aliphatic rings. The van der Waals surface area contributed by atoms with Crippen molar-refractivity contribution >= 4 is 17.6 Å². The molecule has 1 nitrogen and oxygen atoms in total. The monoisotopic (exact) mass is 74.0 g/mol. The smallest absolute Gasteiger partial charge is 0.0526 e. The van der Waals surface area contributed by atoms with Crippen LogP contribution in [0.15, 0.2) is 0 Å². The summed E-state index contributed by atoms with van der Waals surface area (Å²) in [5.74, 6) is 0. The minimum absolute atomic E-state index is 1.31. The van der Waals surface area contributed by atoms with Gasteiger partial charge in [-0.25, -0.2) is 0 Å². The molecule has 0 spiro atoms. The predicted molar refractivity (Wildman–Crippen MR) is 22.1 cm³/mol. The maximum Gasteiger partial charge on any atom is 0.0526 e. The summed E-state index contributed by atoms with van der Waals surface area (Å²) in [6.07, 6.45) is 0. The molecule has 0 heterocycles. The van der Waals surface area contributed by atoms with Crippen molar-refractivity contribution in [1.82, 2.24) is 0 Å². The number of nitrogens with two attached hydrogens (primary N) is 1. The molecule has 1 radical (unpaired) electrons. The van der Waals surface area contributed by atoms with Gasteiger partial charge < -0.3 is 5.73 Å². The van der Waals surface area contributed by atoms with Gasteiger partial charge in [-0.05, 0) is 5.37 Å². The Balaban J connectivity index is 2.30. The quantitative estimate of drug-likeness (QED) is 0.447. The van der Waals surface area contributed by atoms with Crippen LogP contribution in [0.25, 0.3) is 0 Å². The van der Waals surface area contributed by atoms with Crippen molar-refractivity contribution in [2.45, 2.75) is 0 Å². The van der Waals surface area contributed by atoms with E-state index in [0.717, 1.165) is 0 Å². The molecule has 0 saturated heterocycles. The largest absolute Gasteiger partial charge is 0.322 e. The molecule has 0 aromatic heterocycles. The zero-order chi connectivity index (χ0) is 3.41. The van der Waals surface area contributed by atoms with Crippen molar-refractivity contribution in [2.75, 3.05) is 0 Å². The molecule has 23 valence electrons. The van der Waals surface area contributed by atoms with E-state index in [0.29, 0.717) is 0 Å². The Kier molecular flexibility index (Phi) is 3.09. The molecule has 0 atom stereocenters. The van der Waals surface area contributed by atoms with Gasteiger partial charge >= 0.3 is 0 Å². The van der Waals surface area contributed by atoms with Crippen LogP contribution in [0.4, 0.5) is 0 Å². The second-order valence-electron chi connectivity index (χ2n) is 0.329. The molecule has 0 aromatic rings. The minimum atomic E-state index is 1.31. The van der Waals surface area contributed by atoms with E-state index in [2.05, 4.69) is 12.2 Å². The van der Waals surface area contributed by atoms with Gasteiger partial charge in [-0.2, -0.15) is 0 Å². The summed E-state index contributed by atoms with van der Waals surface area (Å²) in [4.78, 5) is 0. The van der Waals surface area contributed by atoms with E-state index in [9.17, 15) is 0 Å². The fourth-order valence-electron chi connectivity index (χ4n) is 0. The third-order valence-electron chi connectivity index (χ3n) is 0.0786. The molecule has 4 heavy (non-hydrogen) atoms. The molecule has 0 aliphatic carbocycles. The van der Waals surface area contributed by atoms with E-state index in [1.54, 1.807) is 0 Å². The van der Waals surface area contributed by atoms with Crippen LogP contribution in [0.3, 0.4) is 0 Å². The highest BCUT2D eigenvalue weighted by Crippen LogP contribution is 1.43. The van der Waals surface area contributed by atoms with Crippen LogP contribution in [0.2, 0.25) is 0 Å². The summed E-state index contributed by atoms with van der Waals surface area (Å²) < 4.78 is 0. The normalized spacial score (nSPS) is 6.25. The van der Waals surface area contributed by atoms with Gasteiger partial charge in [0.15, 0.2) is 0 Å². The first-order valence-corrected chi connectivity index (χ1v) is 1.37. The summed E-state index contributed by atoms with van der Waals surface area (Å²) in [5, 5.41) is 1.36. The predicted octanol–water partition coefficient (Wildman–Crippen LogP) is 0.107. The fourth-order valence-corrected chi connectivity index (χ4v) is 0. The maximum atomic E-state index is 4.74. The highest BCUT2D eigenvalue weighted by molar-refractivity contribution is 7.79. The topological polar surface area (TPSA) is 26.0 Å². The van der Waals surface area contributed by atoms with Crippen LogP contribution < -0.4 is 5.73 Å². The molecule has 0 bridgehead atoms. The first kappa shape index (κ1) is 4.05. The third kappa shape index (κ3) is 2.05. The van der Waals surface area contributed by atoms with Crippen molar-refractivity contribution in [3.05, 3.63) is 6.54 Å². The molecule has 2 N–H and O–H groups in total. The molecular formula is C2H4NS. The minimum Gasteiger partial charge on any atom is -0.322 e. The van der Waals surface area contributed by atoms with Gasteiger partial charge in [0, 0.05) is 0 Å². The van der Waals surface area contributed by atoms with Gasteiger partial charge in [0.05, 0.1) is 6.54 Å². The van der Waals surface area contributed by atoms with Crippen molar-refractivity contribution in [2.24, 2.45) is 5.73 Å². The third-order valence-corrected chi connectivity index (χ3v) is 0.236. The number of thiocarbonyl (C=S) groups is 1. The summed E-state index contributed by atoms with van der Waals surface area (Å²) in [6, 6.07) is 0. The zero-order valence-corrected chi connectivity index (χ0v) is 2.96. The van der Waals surface area contributed by atoms with E-state index >= 15 is 0 Å². The Labute approximate surface area is 30.8 Å². The molecule has 0 rings (SSSR count). The van der Waals surface area contributed by atoms with Crippen LogP contribution in [0, 0.1) is 6.54 Å². The van der Waals surface area contributed by atoms with Gasteiger partial charge in [0.1, 0.15) is 0 Å². The van der Waals surface area contributed by atoms with Crippen molar-refractivity contribution in [3.63, 3.8) is 0 Å². The average Bonchev–Trinajstić information content (AvgIpc) is 1.37. The molecule has 0 fully saturated rings. The van der Waals surface area contributed by atoms with Crippen LogP contribution in [0.5, 0.6) is 0 Å². The molecule has 0 unspecified atom stereocenters. The van der Waals surface area contributed by atoms with Crippen LogP contribution >= 0.6 is 12.2 Å². The maximum absolute atomic E-state index is 4.74. The summed E-state index contributed by atoms with van der Waals surface area (Å²) in [7, 11) is 0. The molecule has 0 aliphatic heterocycles. The van der Waals surface area contributed by atoms with Crippen LogP contribution in [-0.2, 0) is 0 Å². The van der Waals surface area contributed by atoms with Gasteiger partial charge in [0.25, 0.3) is 0 Å². The van der Waals surface area contributed by atoms with Gasteiger partial charge in [0.2, 0.25) is 0 Å². The zero-order valence-electron chi connectivity index (χ0n) is 2.14. The number of hydrogen-bond acceptors (Lipinski definition) is 2. The second kappa shape index (κ2) is 3.05. The molecule has 0 saturated carbocycles. The lowest BCUT2D eigenvalue weighted by molar-refractivity contribution is 1.55. The van der Waals surface area contributed by atoms with Crippen LogP contribution in [-0.4, -0.2) is 5.37 Å². The molecule has 2 heteroatoms. The Morgan fingerprint density at radius 2 is 2.00 bits per heavy atom. The molecule has 0 amide bonds. The lowest BCUT2D eigenvalue weighted by Gasteiger charge is -1.57. The van der Waals surface area contributed by atoms with E-state index < -0.39 is 0 Å². The van der Waals surface area contributed by atoms with Crippen molar-refractivity contribution in [3.8, 4) is 0 Å². The van der Waals surface area contributed by atoms with Crippen LogP contribution in [0.1, 0.15) is 0 Å². The Morgan fingerprint density at radius 1 is 1.75 bits per heavy atom. The number of rotatable bonds is 1. The number of hydrogen-bond donors (Lipinski definition) is 1. The van der Waals surface area contributed by atoms with Gasteiger partial charge in [-0.15, -0.1) is 0 Å². The SMILES string of the molecule is N[CH]C=S. The average molecular weight is 74.1 g/mol. The van der Waals surface area contributed by atoms with Crippen molar-refractivity contribution in [1.29, 1.82) is 0 Å². The fraction of sp³-hybridized carbons (Fsp3) is 0. The highest BCUT2D eigenvalue weighted by Gasteiger charge is 1.47. The summed E-state index contributed by atoms with van der Waals surface area (Å²) >= 11 is 4.25. The highest BCUT2D eigenvalue weighted by atomic mass is 32.1. The Morgan fingerprint density at radius 3 is 2.00 bits per heavy atom. The first-order chi connectivity index (χ1) is 1.91. The Hall–Kier alpha value is 0.0500. The standard InChI is InChI=1S/C2H4NS/c3-1-2-4/h1-2H,3H2. The van der Waals surface area contributed by atoms with E-state index in [1.165, 1.54) is 11.9 Å². The first-order valence-electron chi connectivity index (χ1n) is 0.902. The Bertz CT molecular complexity index is 20.0. The molecular weight excluding hydrogens is 70.1 g/mol. The van der Waals surface area contributed by atoms with E-state index in [1.807, 2.05) is 0 Å². The second-order valence-corrected chi connectivity index (χ2v) is 0.601. The van der Waals surface area contributed by atoms with E-state index in [4.69, 9.17) is 5.73 Å². The van der Waals surface area contributed by atoms with Gasteiger partial charge in [-0.3, -0.25) is 0 Å². The summed E-state index contributed by atoms with van der Waals surface area (Å²) in [5.41, 5.74) is 4.74.